The van der Waals surface area contributed by atoms with Crippen molar-refractivity contribution in [3.63, 3.8) is 0 Å². The van der Waals surface area contributed by atoms with E-state index in [1.54, 1.807) is 23.5 Å². The van der Waals surface area contributed by atoms with Crippen molar-refractivity contribution in [3.8, 4) is 0 Å². The maximum Gasteiger partial charge on any atom is 0.0112 e. The van der Waals surface area contributed by atoms with E-state index in [4.69, 9.17) is 0 Å². The van der Waals surface area contributed by atoms with E-state index in [0.29, 0.717) is 0 Å². The zero-order valence-corrected chi connectivity index (χ0v) is 8.39. The molecule has 0 nitrogen and oxygen atoms in total. The van der Waals surface area contributed by atoms with E-state index < -0.39 is 0 Å². The fourth-order valence-electron chi connectivity index (χ4n) is 0.852. The van der Waals surface area contributed by atoms with Crippen LogP contribution in [0, 0.1) is 6.92 Å². The van der Waals surface area contributed by atoms with E-state index in [0.717, 1.165) is 5.56 Å². The van der Waals surface area contributed by atoms with Crippen molar-refractivity contribution in [1.29, 1.82) is 0 Å². The second kappa shape index (κ2) is 4.07. The van der Waals surface area contributed by atoms with Gasteiger partial charge in [-0.25, -0.2) is 0 Å². The molecule has 0 aliphatic heterocycles. The molecule has 0 saturated carbocycles. The molecule has 1 aromatic rings. The smallest absolute Gasteiger partial charge is 0.0112 e. The molecule has 0 aromatic heterocycles. The second-order valence-corrected chi connectivity index (χ2v) is 3.91. The molecule has 1 rings (SSSR count). The number of rotatable bonds is 2. The molecule has 0 amide bonds. The van der Waals surface area contributed by atoms with Crippen molar-refractivity contribution in [1.82, 2.24) is 0 Å². The third-order valence-electron chi connectivity index (χ3n) is 1.49. The minimum atomic E-state index is 1.12. The van der Waals surface area contributed by atoms with Gasteiger partial charge in [0.15, 0.2) is 0 Å². The summed E-state index contributed by atoms with van der Waals surface area (Å²) in [5, 5.41) is 0. The van der Waals surface area contributed by atoms with Crippen LogP contribution in [0.5, 0.6) is 0 Å². The van der Waals surface area contributed by atoms with Gasteiger partial charge in [-0.2, -0.15) is 0 Å². The van der Waals surface area contributed by atoms with Crippen LogP contribution in [0.1, 0.15) is 5.56 Å². The Kier molecular flexibility index (Phi) is 3.34. The van der Waals surface area contributed by atoms with Gasteiger partial charge in [0.25, 0.3) is 0 Å². The van der Waals surface area contributed by atoms with Crippen molar-refractivity contribution in [3.05, 3.63) is 30.7 Å². The highest BCUT2D eigenvalue weighted by Gasteiger charge is 1.96. The van der Waals surface area contributed by atoms with Crippen LogP contribution in [0.3, 0.4) is 0 Å². The third-order valence-corrected chi connectivity index (χ3v) is 3.04. The van der Waals surface area contributed by atoms with Crippen LogP contribution >= 0.6 is 23.5 Å². The van der Waals surface area contributed by atoms with Crippen LogP contribution in [0.4, 0.5) is 0 Å². The van der Waals surface area contributed by atoms with Gasteiger partial charge in [-0.05, 0) is 37.1 Å². The Morgan fingerprint density at radius 2 is 1.91 bits per heavy atom. The van der Waals surface area contributed by atoms with Gasteiger partial charge in [0, 0.05) is 9.79 Å². The standard InChI is InChI=1S/C9H11S2/c1-7-4-5-8(10-2)6-9(7)11-3/h4-6H,1H2,2-3H3. The molecular formula is C9H11S2. The topological polar surface area (TPSA) is 0 Å². The average Bonchev–Trinajstić information content (AvgIpc) is 2.05. The molecule has 0 fully saturated rings. The maximum absolute atomic E-state index is 3.94. The molecule has 0 heterocycles. The first kappa shape index (κ1) is 9.01. The summed E-state index contributed by atoms with van der Waals surface area (Å²) in [4.78, 5) is 2.58. The molecule has 0 saturated heterocycles. The van der Waals surface area contributed by atoms with E-state index in [1.807, 2.05) is 0 Å². The average molecular weight is 183 g/mol. The SMILES string of the molecule is [CH2]c1ccc(SC)cc1SC. The Bertz CT molecular complexity index is 243. The van der Waals surface area contributed by atoms with E-state index in [2.05, 4.69) is 37.6 Å². The van der Waals surface area contributed by atoms with Gasteiger partial charge in [-0.3, -0.25) is 0 Å². The van der Waals surface area contributed by atoms with Gasteiger partial charge in [0.1, 0.15) is 0 Å². The summed E-state index contributed by atoms with van der Waals surface area (Å²) in [6.07, 6.45) is 4.16. The minimum Gasteiger partial charge on any atom is -0.130 e. The largest absolute Gasteiger partial charge is 0.130 e. The number of hydrogen-bond acceptors (Lipinski definition) is 2. The van der Waals surface area contributed by atoms with E-state index in [1.165, 1.54) is 9.79 Å². The lowest BCUT2D eigenvalue weighted by Gasteiger charge is -2.03. The number of hydrogen-bond donors (Lipinski definition) is 0. The Morgan fingerprint density at radius 1 is 1.18 bits per heavy atom. The lowest BCUT2D eigenvalue weighted by Crippen LogP contribution is -1.78. The van der Waals surface area contributed by atoms with E-state index >= 15 is 0 Å². The summed E-state index contributed by atoms with van der Waals surface area (Å²) in [5.74, 6) is 0. The van der Waals surface area contributed by atoms with Crippen LogP contribution in [0.2, 0.25) is 0 Å². The molecule has 1 radical (unpaired) electrons. The predicted octanol–water partition coefficient (Wildman–Crippen LogP) is 3.31. The summed E-state index contributed by atoms with van der Waals surface area (Å²) in [5.41, 5.74) is 1.12. The van der Waals surface area contributed by atoms with Crippen molar-refractivity contribution in [2.75, 3.05) is 12.5 Å². The minimum absolute atomic E-state index is 1.12. The Morgan fingerprint density at radius 3 is 2.45 bits per heavy atom. The van der Waals surface area contributed by atoms with Crippen LogP contribution in [0.15, 0.2) is 28.0 Å². The lowest BCUT2D eigenvalue weighted by molar-refractivity contribution is 1.30. The summed E-state index contributed by atoms with van der Waals surface area (Å²) in [6.45, 7) is 3.94. The van der Waals surface area contributed by atoms with Gasteiger partial charge in [-0.15, -0.1) is 23.5 Å². The molecule has 2 heteroatoms. The fraction of sp³-hybridized carbons (Fsp3) is 0.222. The van der Waals surface area contributed by atoms with E-state index in [9.17, 15) is 0 Å². The lowest BCUT2D eigenvalue weighted by atomic mass is 10.2. The molecule has 0 N–H and O–H groups in total. The molecule has 0 atom stereocenters. The molecule has 0 aliphatic rings. The maximum atomic E-state index is 3.94. The van der Waals surface area contributed by atoms with Gasteiger partial charge in [-0.1, -0.05) is 6.07 Å². The molecule has 0 aliphatic carbocycles. The molecule has 59 valence electrons. The van der Waals surface area contributed by atoms with Gasteiger partial charge >= 0.3 is 0 Å². The summed E-state index contributed by atoms with van der Waals surface area (Å²) < 4.78 is 0. The molecule has 0 bridgehead atoms. The predicted molar refractivity (Wildman–Crippen MR) is 54.5 cm³/mol. The Balaban J connectivity index is 3.02. The highest BCUT2D eigenvalue weighted by molar-refractivity contribution is 7.99. The van der Waals surface area contributed by atoms with Gasteiger partial charge in [0.05, 0.1) is 0 Å². The monoisotopic (exact) mass is 183 g/mol. The molecule has 11 heavy (non-hydrogen) atoms. The highest BCUT2D eigenvalue weighted by Crippen LogP contribution is 2.25. The zero-order chi connectivity index (χ0) is 8.27. The molecule has 1 aromatic carbocycles. The van der Waals surface area contributed by atoms with Crippen molar-refractivity contribution in [2.45, 2.75) is 9.79 Å². The summed E-state index contributed by atoms with van der Waals surface area (Å²) in [7, 11) is 0. The first-order valence-corrected chi connectivity index (χ1v) is 5.77. The van der Waals surface area contributed by atoms with Crippen LogP contribution in [0.25, 0.3) is 0 Å². The third kappa shape index (κ3) is 2.17. The van der Waals surface area contributed by atoms with Crippen molar-refractivity contribution < 1.29 is 0 Å². The first-order valence-electron chi connectivity index (χ1n) is 3.32. The van der Waals surface area contributed by atoms with Gasteiger partial charge in [0.2, 0.25) is 0 Å². The van der Waals surface area contributed by atoms with Crippen LogP contribution in [-0.4, -0.2) is 12.5 Å². The number of benzene rings is 1. The molecule has 0 unspecified atom stereocenters. The molecular weight excluding hydrogens is 172 g/mol. The first-order chi connectivity index (χ1) is 5.27. The summed E-state index contributed by atoms with van der Waals surface area (Å²) >= 11 is 3.52. The van der Waals surface area contributed by atoms with Crippen LogP contribution in [-0.2, 0) is 0 Å². The van der Waals surface area contributed by atoms with Crippen molar-refractivity contribution >= 4 is 23.5 Å². The normalized spacial score (nSPS) is 10.1. The highest BCUT2D eigenvalue weighted by atomic mass is 32.2. The molecule has 0 spiro atoms. The van der Waals surface area contributed by atoms with Crippen LogP contribution < -0.4 is 0 Å². The van der Waals surface area contributed by atoms with E-state index in [-0.39, 0.29) is 0 Å². The quantitative estimate of drug-likeness (QED) is 0.645. The Labute approximate surface area is 76.8 Å². The number of thioether (sulfide) groups is 2. The van der Waals surface area contributed by atoms with Gasteiger partial charge < -0.3 is 0 Å². The second-order valence-electron chi connectivity index (χ2n) is 2.18. The summed E-state index contributed by atoms with van der Waals surface area (Å²) in [6, 6.07) is 6.35. The Hall–Kier alpha value is -0.0800. The van der Waals surface area contributed by atoms with Crippen molar-refractivity contribution in [2.24, 2.45) is 0 Å². The zero-order valence-electron chi connectivity index (χ0n) is 6.76. The fourth-order valence-corrected chi connectivity index (χ4v) is 1.94.